The Morgan fingerprint density at radius 1 is 1.14 bits per heavy atom. The number of rotatable bonds is 3. The molecule has 0 aromatic heterocycles. The van der Waals surface area contributed by atoms with Gasteiger partial charge in [-0.3, -0.25) is 0 Å². The first-order valence-corrected chi connectivity index (χ1v) is 7.66. The van der Waals surface area contributed by atoms with Gasteiger partial charge < -0.3 is 5.32 Å². The molecule has 118 valence electrons. The molecular weight excluding hydrogens is 275 g/mol. The Morgan fingerprint density at radius 2 is 1.86 bits per heavy atom. The van der Waals surface area contributed by atoms with Crippen molar-refractivity contribution >= 4 is 0 Å². The lowest BCUT2D eigenvalue weighted by Crippen LogP contribution is -2.29. The quantitative estimate of drug-likeness (QED) is 0.761. The molecule has 4 heteroatoms. The van der Waals surface area contributed by atoms with Crippen molar-refractivity contribution < 1.29 is 13.2 Å². The van der Waals surface area contributed by atoms with Crippen molar-refractivity contribution in [3.8, 4) is 0 Å². The lowest BCUT2D eigenvalue weighted by Gasteiger charge is -2.22. The Labute approximate surface area is 124 Å². The summed E-state index contributed by atoms with van der Waals surface area (Å²) < 4.78 is 38.9. The van der Waals surface area contributed by atoms with Crippen LogP contribution in [0.25, 0.3) is 0 Å². The zero-order valence-corrected chi connectivity index (χ0v) is 12.8. The van der Waals surface area contributed by atoms with Crippen molar-refractivity contribution in [2.75, 3.05) is 0 Å². The second kappa shape index (κ2) is 6.39. The molecule has 0 heterocycles. The maximum Gasteiger partial charge on any atom is 0.416 e. The second-order valence-corrected chi connectivity index (χ2v) is 6.83. The molecule has 21 heavy (non-hydrogen) atoms. The van der Waals surface area contributed by atoms with Crippen LogP contribution >= 0.6 is 0 Å². The van der Waals surface area contributed by atoms with E-state index in [-0.39, 0.29) is 0 Å². The lowest BCUT2D eigenvalue weighted by molar-refractivity contribution is -0.138. The summed E-state index contributed by atoms with van der Waals surface area (Å²) in [5.74, 6) is 0. The maximum absolute atomic E-state index is 13.0. The predicted octanol–water partition coefficient (Wildman–Crippen LogP) is 5.15. The summed E-state index contributed by atoms with van der Waals surface area (Å²) >= 11 is 0. The van der Waals surface area contributed by atoms with Crippen LogP contribution in [0.1, 0.15) is 57.1 Å². The summed E-state index contributed by atoms with van der Waals surface area (Å²) in [5, 5.41) is 3.33. The molecule has 0 bridgehead atoms. The third-order valence-corrected chi connectivity index (χ3v) is 4.48. The average Bonchev–Trinajstić information content (AvgIpc) is 2.57. The highest BCUT2D eigenvalue weighted by atomic mass is 19.4. The van der Waals surface area contributed by atoms with Crippen molar-refractivity contribution in [2.45, 2.75) is 64.7 Å². The standard InChI is InChI=1S/C17H24F3N/c1-16(2)10-5-7-14(9-11-16)21-12-13-6-3-4-8-15(13)17(18,19)20/h3-4,6,8,14,21H,5,7,9-12H2,1-2H3. The van der Waals surface area contributed by atoms with Crippen LogP contribution in [0.15, 0.2) is 24.3 Å². The molecule has 1 unspecified atom stereocenters. The highest BCUT2D eigenvalue weighted by Crippen LogP contribution is 2.34. The van der Waals surface area contributed by atoms with Crippen LogP contribution in [0.3, 0.4) is 0 Å². The van der Waals surface area contributed by atoms with E-state index in [1.807, 2.05) is 0 Å². The molecule has 1 aliphatic rings. The van der Waals surface area contributed by atoms with E-state index in [4.69, 9.17) is 0 Å². The zero-order chi connectivity index (χ0) is 15.5. The third kappa shape index (κ3) is 4.73. The fraction of sp³-hybridized carbons (Fsp3) is 0.647. The summed E-state index contributed by atoms with van der Waals surface area (Å²) in [5.41, 5.74) is 0.181. The summed E-state index contributed by atoms with van der Waals surface area (Å²) in [6.07, 6.45) is 1.30. The predicted molar refractivity (Wildman–Crippen MR) is 78.9 cm³/mol. The van der Waals surface area contributed by atoms with Crippen LogP contribution < -0.4 is 5.32 Å². The number of nitrogens with one attached hydrogen (secondary N) is 1. The first kappa shape index (κ1) is 16.3. The van der Waals surface area contributed by atoms with E-state index in [1.165, 1.54) is 12.5 Å². The highest BCUT2D eigenvalue weighted by molar-refractivity contribution is 5.29. The molecule has 0 saturated heterocycles. The van der Waals surface area contributed by atoms with E-state index in [9.17, 15) is 13.2 Å². The second-order valence-electron chi connectivity index (χ2n) is 6.83. The Morgan fingerprint density at radius 3 is 2.57 bits per heavy atom. The maximum atomic E-state index is 13.0. The van der Waals surface area contributed by atoms with Gasteiger partial charge in [0.25, 0.3) is 0 Å². The average molecular weight is 299 g/mol. The van der Waals surface area contributed by atoms with Gasteiger partial charge in [0.15, 0.2) is 0 Å². The zero-order valence-electron chi connectivity index (χ0n) is 12.8. The molecule has 1 saturated carbocycles. The summed E-state index contributed by atoms with van der Waals surface area (Å²) in [6.45, 7) is 4.84. The lowest BCUT2D eigenvalue weighted by atomic mass is 9.85. The minimum atomic E-state index is -4.27. The smallest absolute Gasteiger partial charge is 0.310 e. The number of alkyl halides is 3. The molecule has 0 aliphatic heterocycles. The first-order valence-electron chi connectivity index (χ1n) is 7.66. The summed E-state index contributed by atoms with van der Waals surface area (Å²) in [6, 6.07) is 6.17. The van der Waals surface area contributed by atoms with Gasteiger partial charge in [-0.2, -0.15) is 13.2 Å². The van der Waals surface area contributed by atoms with Crippen LogP contribution in [-0.4, -0.2) is 6.04 Å². The number of halogens is 3. The largest absolute Gasteiger partial charge is 0.416 e. The number of benzene rings is 1. The first-order chi connectivity index (χ1) is 9.78. The van der Waals surface area contributed by atoms with Crippen molar-refractivity contribution in [1.82, 2.24) is 5.32 Å². The molecule has 2 rings (SSSR count). The SMILES string of the molecule is CC1(C)CCCC(NCc2ccccc2C(F)(F)F)CC1. The molecule has 1 N–H and O–H groups in total. The third-order valence-electron chi connectivity index (χ3n) is 4.48. The molecule has 0 amide bonds. The minimum Gasteiger partial charge on any atom is -0.310 e. The summed E-state index contributed by atoms with van der Waals surface area (Å²) in [7, 11) is 0. The molecular formula is C17H24F3N. The Hall–Kier alpha value is -1.03. The van der Waals surface area contributed by atoms with Gasteiger partial charge in [0.2, 0.25) is 0 Å². The number of hydrogen-bond acceptors (Lipinski definition) is 1. The van der Waals surface area contributed by atoms with Crippen molar-refractivity contribution in [3.63, 3.8) is 0 Å². The van der Waals surface area contributed by atoms with Gasteiger partial charge in [0.1, 0.15) is 0 Å². The molecule has 1 atom stereocenters. The molecule has 0 spiro atoms. The molecule has 0 radical (unpaired) electrons. The van der Waals surface area contributed by atoms with Crippen LogP contribution in [-0.2, 0) is 12.7 Å². The van der Waals surface area contributed by atoms with Gasteiger partial charge in [-0.05, 0) is 42.7 Å². The Bertz CT molecular complexity index is 465. The van der Waals surface area contributed by atoms with Gasteiger partial charge in [0.05, 0.1) is 5.56 Å². The molecule has 1 aliphatic carbocycles. The topological polar surface area (TPSA) is 12.0 Å². The minimum absolute atomic E-state index is 0.292. The van der Waals surface area contributed by atoms with Gasteiger partial charge in [0, 0.05) is 12.6 Å². The highest BCUT2D eigenvalue weighted by Gasteiger charge is 2.33. The summed E-state index contributed by atoms with van der Waals surface area (Å²) in [4.78, 5) is 0. The fourth-order valence-electron chi connectivity index (χ4n) is 3.07. The fourth-order valence-corrected chi connectivity index (χ4v) is 3.07. The molecule has 1 aromatic rings. The van der Waals surface area contributed by atoms with Gasteiger partial charge in [-0.15, -0.1) is 0 Å². The van der Waals surface area contributed by atoms with Gasteiger partial charge in [-0.25, -0.2) is 0 Å². The van der Waals surface area contributed by atoms with E-state index in [0.29, 0.717) is 23.6 Å². The van der Waals surface area contributed by atoms with E-state index in [1.54, 1.807) is 12.1 Å². The van der Waals surface area contributed by atoms with E-state index < -0.39 is 11.7 Å². The molecule has 1 aromatic carbocycles. The van der Waals surface area contributed by atoms with E-state index in [0.717, 1.165) is 31.7 Å². The normalized spacial score (nSPS) is 22.8. The van der Waals surface area contributed by atoms with Gasteiger partial charge >= 0.3 is 6.18 Å². The Balaban J connectivity index is 1.98. The van der Waals surface area contributed by atoms with Gasteiger partial charge in [-0.1, -0.05) is 38.5 Å². The monoisotopic (exact) mass is 299 g/mol. The van der Waals surface area contributed by atoms with Crippen molar-refractivity contribution in [3.05, 3.63) is 35.4 Å². The van der Waals surface area contributed by atoms with Crippen LogP contribution in [0.4, 0.5) is 13.2 Å². The van der Waals surface area contributed by atoms with Crippen molar-refractivity contribution in [2.24, 2.45) is 5.41 Å². The molecule has 1 fully saturated rings. The number of hydrogen-bond donors (Lipinski definition) is 1. The molecule has 1 nitrogen and oxygen atoms in total. The van der Waals surface area contributed by atoms with E-state index >= 15 is 0 Å². The van der Waals surface area contributed by atoms with Crippen molar-refractivity contribution in [1.29, 1.82) is 0 Å². The van der Waals surface area contributed by atoms with Crippen LogP contribution in [0.2, 0.25) is 0 Å². The van der Waals surface area contributed by atoms with Crippen LogP contribution in [0, 0.1) is 5.41 Å². The Kier molecular flexibility index (Phi) is 4.97. The van der Waals surface area contributed by atoms with E-state index in [2.05, 4.69) is 19.2 Å². The van der Waals surface area contributed by atoms with Crippen LogP contribution in [0.5, 0.6) is 0 Å².